The van der Waals surface area contributed by atoms with Crippen molar-refractivity contribution in [3.05, 3.63) is 64.2 Å². The van der Waals surface area contributed by atoms with Crippen LogP contribution in [0.4, 0.5) is 10.1 Å². The van der Waals surface area contributed by atoms with E-state index in [1.165, 1.54) is 24.4 Å². The van der Waals surface area contributed by atoms with Crippen LogP contribution in [0, 0.1) is 24.6 Å². The summed E-state index contributed by atoms with van der Waals surface area (Å²) in [6.07, 6.45) is 2.49. The third-order valence-corrected chi connectivity index (χ3v) is 8.05. The molecular weight excluding hydrogens is 427 g/mol. The Bertz CT molecular complexity index is 1320. The van der Waals surface area contributed by atoms with Crippen LogP contribution in [-0.4, -0.2) is 26.1 Å². The molecule has 1 aliphatic rings. The van der Waals surface area contributed by atoms with Crippen LogP contribution in [-0.2, 0) is 16.4 Å². The first-order chi connectivity index (χ1) is 15.1. The molecule has 1 saturated heterocycles. The van der Waals surface area contributed by atoms with Gasteiger partial charge in [-0.1, -0.05) is 31.5 Å². The highest BCUT2D eigenvalue weighted by atomic mass is 32.2. The van der Waals surface area contributed by atoms with Gasteiger partial charge in [0.2, 0.25) is 15.3 Å². The maximum atomic E-state index is 15.2. The lowest BCUT2D eigenvalue weighted by Gasteiger charge is -2.37. The zero-order valence-corrected chi connectivity index (χ0v) is 19.7. The molecule has 1 aromatic heterocycles. The van der Waals surface area contributed by atoms with Gasteiger partial charge >= 0.3 is 0 Å². The lowest BCUT2D eigenvalue weighted by Crippen LogP contribution is -2.39. The number of pyridine rings is 1. The Morgan fingerprint density at radius 3 is 2.28 bits per heavy atom. The zero-order valence-electron chi connectivity index (χ0n) is 18.9. The normalized spacial score (nSPS) is 19.5. The highest BCUT2D eigenvalue weighted by Gasteiger charge is 2.27. The molecule has 0 aliphatic carbocycles. The summed E-state index contributed by atoms with van der Waals surface area (Å²) in [7, 11) is -4.03. The van der Waals surface area contributed by atoms with Gasteiger partial charge in [-0.05, 0) is 56.4 Å². The van der Waals surface area contributed by atoms with Crippen LogP contribution in [0.15, 0.2) is 57.2 Å². The van der Waals surface area contributed by atoms with E-state index in [2.05, 4.69) is 13.8 Å². The number of piperidine rings is 1. The number of hydrogen-bond donors (Lipinski definition) is 0. The quantitative estimate of drug-likeness (QED) is 0.567. The molecule has 2 atom stereocenters. The lowest BCUT2D eigenvalue weighted by molar-refractivity contribution is 0.354. The summed E-state index contributed by atoms with van der Waals surface area (Å²) in [5, 5.41) is 0.0828. The minimum Gasteiger partial charge on any atom is -0.369 e. The summed E-state index contributed by atoms with van der Waals surface area (Å²) in [6, 6.07) is 9.28. The molecule has 0 saturated carbocycles. The number of benzene rings is 2. The molecule has 0 unspecified atom stereocenters. The van der Waals surface area contributed by atoms with E-state index in [0.29, 0.717) is 29.6 Å². The van der Waals surface area contributed by atoms with Crippen LogP contribution < -0.4 is 10.3 Å². The molecule has 1 fully saturated rings. The minimum atomic E-state index is -4.03. The van der Waals surface area contributed by atoms with Gasteiger partial charge in [-0.3, -0.25) is 4.79 Å². The van der Waals surface area contributed by atoms with Crippen molar-refractivity contribution in [1.82, 2.24) is 4.57 Å². The first-order valence-corrected chi connectivity index (χ1v) is 12.5. The maximum Gasteiger partial charge on any atom is 0.211 e. The topological polar surface area (TPSA) is 59.4 Å². The van der Waals surface area contributed by atoms with Crippen molar-refractivity contribution in [3.8, 4) is 0 Å². The van der Waals surface area contributed by atoms with Crippen molar-refractivity contribution < 1.29 is 12.8 Å². The van der Waals surface area contributed by atoms with Crippen LogP contribution >= 0.6 is 0 Å². The smallest absolute Gasteiger partial charge is 0.211 e. The van der Waals surface area contributed by atoms with Gasteiger partial charge < -0.3 is 9.47 Å². The van der Waals surface area contributed by atoms with Crippen LogP contribution in [0.1, 0.15) is 32.8 Å². The van der Waals surface area contributed by atoms with Gasteiger partial charge in [0.05, 0.1) is 21.5 Å². The van der Waals surface area contributed by atoms with Crippen LogP contribution in [0.2, 0.25) is 0 Å². The van der Waals surface area contributed by atoms with Crippen LogP contribution in [0.3, 0.4) is 0 Å². The molecule has 0 N–H and O–H groups in total. The molecule has 3 aromatic rings. The van der Waals surface area contributed by atoms with Crippen LogP contribution in [0.25, 0.3) is 10.9 Å². The highest BCUT2D eigenvalue weighted by Crippen LogP contribution is 2.31. The van der Waals surface area contributed by atoms with Crippen molar-refractivity contribution in [2.45, 2.75) is 50.5 Å². The van der Waals surface area contributed by atoms with E-state index in [-0.39, 0.29) is 15.2 Å². The molecule has 0 amide bonds. The number of hydrogen-bond acceptors (Lipinski definition) is 4. The third-order valence-electron chi connectivity index (χ3n) is 6.29. The fourth-order valence-electron chi connectivity index (χ4n) is 4.77. The molecule has 5 nitrogen and oxygen atoms in total. The Morgan fingerprint density at radius 2 is 1.69 bits per heavy atom. The van der Waals surface area contributed by atoms with Gasteiger partial charge in [0.15, 0.2) is 0 Å². The SMILES string of the molecule is CCn1cc(S(=O)(=O)c2ccc(C)cc2)c(=O)c2cc(F)c(N3C[C@H](C)C[C@@H](C)C3)cc21. The van der Waals surface area contributed by atoms with Crippen molar-refractivity contribution in [2.24, 2.45) is 11.8 Å². The number of rotatable bonds is 4. The molecule has 0 radical (unpaired) electrons. The first-order valence-electron chi connectivity index (χ1n) is 11.0. The lowest BCUT2D eigenvalue weighted by atomic mass is 9.91. The highest BCUT2D eigenvalue weighted by molar-refractivity contribution is 7.91. The summed E-state index contributed by atoms with van der Waals surface area (Å²) in [5.74, 6) is 0.400. The second-order valence-electron chi connectivity index (χ2n) is 9.10. The number of aromatic nitrogens is 1. The molecule has 4 rings (SSSR count). The Labute approximate surface area is 188 Å². The molecule has 1 aliphatic heterocycles. The van der Waals surface area contributed by atoms with Gasteiger partial charge in [-0.25, -0.2) is 12.8 Å². The Kier molecular flexibility index (Phi) is 5.88. The second kappa shape index (κ2) is 8.35. The van der Waals surface area contributed by atoms with Gasteiger partial charge in [0.25, 0.3) is 0 Å². The fourth-order valence-corrected chi connectivity index (χ4v) is 6.14. The van der Waals surface area contributed by atoms with Gasteiger partial charge in [-0.15, -0.1) is 0 Å². The average molecular weight is 457 g/mol. The van der Waals surface area contributed by atoms with E-state index >= 15 is 4.39 Å². The monoisotopic (exact) mass is 456 g/mol. The molecule has 0 bridgehead atoms. The van der Waals surface area contributed by atoms with E-state index in [9.17, 15) is 13.2 Å². The first kappa shape index (κ1) is 22.5. The Hall–Kier alpha value is -2.67. The molecule has 32 heavy (non-hydrogen) atoms. The molecule has 170 valence electrons. The van der Waals surface area contributed by atoms with E-state index in [0.717, 1.165) is 25.1 Å². The number of fused-ring (bicyclic) bond motifs is 1. The number of halogens is 1. The summed E-state index contributed by atoms with van der Waals surface area (Å²) in [5.41, 5.74) is 1.26. The van der Waals surface area contributed by atoms with Crippen molar-refractivity contribution in [3.63, 3.8) is 0 Å². The third kappa shape index (κ3) is 3.94. The predicted octanol–water partition coefficient (Wildman–Crippen LogP) is 4.78. The summed E-state index contributed by atoms with van der Waals surface area (Å²) in [6.45, 7) is 10.0. The van der Waals surface area contributed by atoms with Crippen molar-refractivity contribution in [2.75, 3.05) is 18.0 Å². The molecule has 7 heteroatoms. The van der Waals surface area contributed by atoms with Crippen molar-refractivity contribution in [1.29, 1.82) is 0 Å². The van der Waals surface area contributed by atoms with E-state index in [1.807, 2.05) is 18.7 Å². The molecule has 0 spiro atoms. The van der Waals surface area contributed by atoms with E-state index in [4.69, 9.17) is 0 Å². The average Bonchev–Trinajstić information content (AvgIpc) is 2.73. The minimum absolute atomic E-state index is 0.0515. The standard InChI is InChI=1S/C25H29FN2O3S/c1-5-27-15-24(32(30,31)19-8-6-16(2)7-9-19)25(29)20-11-21(26)23(12-22(20)27)28-13-17(3)10-18(4)14-28/h6-9,11-12,15,17-18H,5,10,13-14H2,1-4H3/t17-,18-/m1/s1. The van der Waals surface area contributed by atoms with Crippen LogP contribution in [0.5, 0.6) is 0 Å². The predicted molar refractivity (Wildman–Crippen MR) is 126 cm³/mol. The number of aryl methyl sites for hydroxylation is 2. The largest absolute Gasteiger partial charge is 0.369 e. The summed E-state index contributed by atoms with van der Waals surface area (Å²) in [4.78, 5) is 15.0. The van der Waals surface area contributed by atoms with Crippen molar-refractivity contribution >= 4 is 26.4 Å². The van der Waals surface area contributed by atoms with E-state index < -0.39 is 21.1 Å². The van der Waals surface area contributed by atoms with E-state index in [1.54, 1.807) is 22.8 Å². The second-order valence-corrected chi connectivity index (χ2v) is 11.0. The molecular formula is C25H29FN2O3S. The van der Waals surface area contributed by atoms with Gasteiger partial charge in [0, 0.05) is 25.8 Å². The summed E-state index contributed by atoms with van der Waals surface area (Å²) >= 11 is 0. The fraction of sp³-hybridized carbons (Fsp3) is 0.400. The maximum absolute atomic E-state index is 15.2. The Balaban J connectivity index is 1.90. The number of anilines is 1. The summed E-state index contributed by atoms with van der Waals surface area (Å²) < 4.78 is 43.4. The zero-order chi connectivity index (χ0) is 23.2. The Morgan fingerprint density at radius 1 is 1.06 bits per heavy atom. The molecule has 2 heterocycles. The van der Waals surface area contributed by atoms with Gasteiger partial charge in [-0.2, -0.15) is 0 Å². The van der Waals surface area contributed by atoms with Gasteiger partial charge in [0.1, 0.15) is 10.7 Å². The number of nitrogens with zero attached hydrogens (tertiary/aromatic N) is 2. The molecule has 2 aromatic carbocycles. The number of sulfone groups is 1.